The molecule has 0 aromatic carbocycles. The highest BCUT2D eigenvalue weighted by Gasteiger charge is 2.04. The predicted octanol–water partition coefficient (Wildman–Crippen LogP) is 1.67. The molecule has 0 spiro atoms. The summed E-state index contributed by atoms with van der Waals surface area (Å²) in [6, 6.07) is 2.22. The molecule has 1 aromatic rings. The van der Waals surface area contributed by atoms with Gasteiger partial charge in [-0.25, -0.2) is 15.8 Å². The van der Waals surface area contributed by atoms with Crippen LogP contribution in [0.1, 0.15) is 32.5 Å². The Morgan fingerprint density at radius 3 is 2.67 bits per heavy atom. The van der Waals surface area contributed by atoms with Crippen molar-refractivity contribution in [2.24, 2.45) is 5.84 Å². The molecule has 0 bridgehead atoms. The second kappa shape index (κ2) is 5.50. The van der Waals surface area contributed by atoms with E-state index in [1.807, 2.05) is 6.92 Å². The molecule has 0 saturated heterocycles. The zero-order chi connectivity index (χ0) is 11.3. The molecule has 5 nitrogen and oxygen atoms in total. The molecule has 5 heteroatoms. The number of nitrogens with two attached hydrogens (primary N) is 1. The van der Waals surface area contributed by atoms with Gasteiger partial charge in [0.15, 0.2) is 0 Å². The van der Waals surface area contributed by atoms with Crippen molar-refractivity contribution in [3.05, 3.63) is 11.9 Å². The highest BCUT2D eigenvalue weighted by atomic mass is 15.3. The number of anilines is 2. The van der Waals surface area contributed by atoms with E-state index in [1.165, 1.54) is 0 Å². The van der Waals surface area contributed by atoms with Gasteiger partial charge in [0.25, 0.3) is 0 Å². The van der Waals surface area contributed by atoms with Crippen LogP contribution in [0.15, 0.2) is 6.07 Å². The number of rotatable bonds is 5. The minimum atomic E-state index is 0.412. The monoisotopic (exact) mass is 209 g/mol. The Morgan fingerprint density at radius 2 is 2.07 bits per heavy atom. The van der Waals surface area contributed by atoms with E-state index < -0.39 is 0 Å². The Balaban J connectivity index is 2.71. The Morgan fingerprint density at radius 1 is 1.40 bits per heavy atom. The molecule has 0 aliphatic carbocycles. The third kappa shape index (κ3) is 3.71. The average Bonchev–Trinajstić information content (AvgIpc) is 2.17. The lowest BCUT2D eigenvalue weighted by Gasteiger charge is -2.14. The van der Waals surface area contributed by atoms with Crippen molar-refractivity contribution in [2.75, 3.05) is 10.7 Å². The van der Waals surface area contributed by atoms with E-state index in [2.05, 4.69) is 34.6 Å². The molecule has 1 heterocycles. The van der Waals surface area contributed by atoms with E-state index >= 15 is 0 Å². The van der Waals surface area contributed by atoms with Crippen LogP contribution < -0.4 is 16.6 Å². The highest BCUT2D eigenvalue weighted by Crippen LogP contribution is 2.12. The normalized spacial score (nSPS) is 12.3. The van der Waals surface area contributed by atoms with Crippen molar-refractivity contribution in [1.29, 1.82) is 0 Å². The summed E-state index contributed by atoms with van der Waals surface area (Å²) in [5.74, 6) is 7.46. The van der Waals surface area contributed by atoms with Crippen molar-refractivity contribution in [1.82, 2.24) is 9.97 Å². The summed E-state index contributed by atoms with van der Waals surface area (Å²) in [6.07, 6.45) is 2.27. The second-order valence-electron chi connectivity index (χ2n) is 3.66. The Bertz CT molecular complexity index is 313. The second-order valence-corrected chi connectivity index (χ2v) is 3.66. The lowest BCUT2D eigenvalue weighted by atomic mass is 10.2. The Hall–Kier alpha value is -1.36. The summed E-state index contributed by atoms with van der Waals surface area (Å²) in [6.45, 7) is 6.14. The zero-order valence-electron chi connectivity index (χ0n) is 9.54. The molecule has 1 atom stereocenters. The van der Waals surface area contributed by atoms with Gasteiger partial charge in [-0.15, -0.1) is 0 Å². The number of nitrogens with zero attached hydrogens (tertiary/aromatic N) is 2. The third-order valence-electron chi connectivity index (χ3n) is 2.10. The van der Waals surface area contributed by atoms with Gasteiger partial charge in [0, 0.05) is 12.1 Å². The molecule has 0 fully saturated rings. The van der Waals surface area contributed by atoms with Crippen molar-refractivity contribution >= 4 is 11.6 Å². The molecule has 1 rings (SSSR count). The van der Waals surface area contributed by atoms with E-state index in [0.29, 0.717) is 17.7 Å². The first kappa shape index (κ1) is 11.7. The number of aryl methyl sites for hydroxylation is 1. The standard InChI is InChI=1S/C10H19N5/c1-4-5-7(2)12-9-6-10(15-11)14-8(3)13-9/h6-7H,4-5,11H2,1-3H3,(H2,12,13,14,15). The van der Waals surface area contributed by atoms with Crippen LogP contribution in [-0.2, 0) is 0 Å². The largest absolute Gasteiger partial charge is 0.367 e. The van der Waals surface area contributed by atoms with Gasteiger partial charge in [-0.05, 0) is 20.3 Å². The molecule has 0 radical (unpaired) electrons. The molecule has 0 aliphatic rings. The lowest BCUT2D eigenvalue weighted by Crippen LogP contribution is -2.17. The third-order valence-corrected chi connectivity index (χ3v) is 2.10. The van der Waals surface area contributed by atoms with Gasteiger partial charge in [-0.2, -0.15) is 0 Å². The highest BCUT2D eigenvalue weighted by molar-refractivity contribution is 5.47. The van der Waals surface area contributed by atoms with Crippen LogP contribution in [0.3, 0.4) is 0 Å². The van der Waals surface area contributed by atoms with E-state index in [-0.39, 0.29) is 0 Å². The van der Waals surface area contributed by atoms with Gasteiger partial charge in [0.2, 0.25) is 0 Å². The summed E-state index contributed by atoms with van der Waals surface area (Å²) >= 11 is 0. The molecule has 0 amide bonds. The van der Waals surface area contributed by atoms with Crippen molar-refractivity contribution < 1.29 is 0 Å². The molecule has 1 unspecified atom stereocenters. The van der Waals surface area contributed by atoms with Crippen molar-refractivity contribution in [3.8, 4) is 0 Å². The number of hydrazine groups is 1. The topological polar surface area (TPSA) is 75.9 Å². The Kier molecular flexibility index (Phi) is 4.30. The number of hydrogen-bond acceptors (Lipinski definition) is 5. The number of aromatic nitrogens is 2. The van der Waals surface area contributed by atoms with Crippen molar-refractivity contribution in [2.45, 2.75) is 39.7 Å². The molecule has 84 valence electrons. The number of nitrogens with one attached hydrogen (secondary N) is 2. The first-order valence-electron chi connectivity index (χ1n) is 5.24. The molecule has 4 N–H and O–H groups in total. The van der Waals surface area contributed by atoms with Crippen LogP contribution in [0, 0.1) is 6.92 Å². The van der Waals surface area contributed by atoms with Crippen molar-refractivity contribution in [3.63, 3.8) is 0 Å². The maximum atomic E-state index is 5.31. The van der Waals surface area contributed by atoms with Crippen LogP contribution in [0.5, 0.6) is 0 Å². The fraction of sp³-hybridized carbons (Fsp3) is 0.600. The van der Waals surface area contributed by atoms with E-state index in [4.69, 9.17) is 5.84 Å². The Labute approximate surface area is 90.5 Å². The van der Waals surface area contributed by atoms with Crippen LogP contribution >= 0.6 is 0 Å². The molecule has 1 aromatic heterocycles. The summed E-state index contributed by atoms with van der Waals surface area (Å²) in [4.78, 5) is 8.40. The van der Waals surface area contributed by atoms with Crippen LogP contribution in [0.2, 0.25) is 0 Å². The van der Waals surface area contributed by atoms with Gasteiger partial charge >= 0.3 is 0 Å². The first-order valence-corrected chi connectivity index (χ1v) is 5.24. The molecular formula is C10H19N5. The van der Waals surface area contributed by atoms with Gasteiger partial charge in [0.05, 0.1) is 0 Å². The smallest absolute Gasteiger partial charge is 0.145 e. The average molecular weight is 209 g/mol. The van der Waals surface area contributed by atoms with Gasteiger partial charge in [-0.3, -0.25) is 0 Å². The molecule has 15 heavy (non-hydrogen) atoms. The van der Waals surface area contributed by atoms with Crippen LogP contribution in [0.25, 0.3) is 0 Å². The quantitative estimate of drug-likeness (QED) is 0.508. The summed E-state index contributed by atoms with van der Waals surface area (Å²) < 4.78 is 0. The maximum absolute atomic E-state index is 5.31. The summed E-state index contributed by atoms with van der Waals surface area (Å²) in [5, 5.41) is 3.31. The van der Waals surface area contributed by atoms with Gasteiger partial charge < -0.3 is 10.7 Å². The number of hydrogen-bond donors (Lipinski definition) is 3. The fourth-order valence-electron chi connectivity index (χ4n) is 1.47. The van der Waals surface area contributed by atoms with E-state index in [9.17, 15) is 0 Å². The van der Waals surface area contributed by atoms with Crippen LogP contribution in [0.4, 0.5) is 11.6 Å². The minimum absolute atomic E-state index is 0.412. The molecule has 0 saturated carbocycles. The van der Waals surface area contributed by atoms with Crippen LogP contribution in [-0.4, -0.2) is 16.0 Å². The summed E-state index contributed by atoms with van der Waals surface area (Å²) in [7, 11) is 0. The van der Waals surface area contributed by atoms with Gasteiger partial charge in [-0.1, -0.05) is 13.3 Å². The first-order chi connectivity index (χ1) is 7.15. The van der Waals surface area contributed by atoms with E-state index in [0.717, 1.165) is 18.7 Å². The van der Waals surface area contributed by atoms with E-state index in [1.54, 1.807) is 6.07 Å². The summed E-state index contributed by atoms with van der Waals surface area (Å²) in [5.41, 5.74) is 2.52. The fourth-order valence-corrected chi connectivity index (χ4v) is 1.47. The molecular weight excluding hydrogens is 190 g/mol. The zero-order valence-corrected chi connectivity index (χ0v) is 9.54. The molecule has 0 aliphatic heterocycles. The predicted molar refractivity (Wildman–Crippen MR) is 62.6 cm³/mol. The lowest BCUT2D eigenvalue weighted by molar-refractivity contribution is 0.686. The maximum Gasteiger partial charge on any atom is 0.145 e. The minimum Gasteiger partial charge on any atom is -0.367 e. The number of nitrogen functional groups attached to an aromatic ring is 1. The SMILES string of the molecule is CCCC(C)Nc1cc(NN)nc(C)n1. The van der Waals surface area contributed by atoms with Gasteiger partial charge in [0.1, 0.15) is 17.5 Å².